The third kappa shape index (κ3) is 3.22. The maximum absolute atomic E-state index is 9.09. The molecule has 0 fully saturated rings. The van der Waals surface area contributed by atoms with Crippen LogP contribution in [0.3, 0.4) is 0 Å². The number of hydrogen-bond donors (Lipinski definition) is 2. The van der Waals surface area contributed by atoms with Crippen LogP contribution in [0.15, 0.2) is 24.3 Å². The number of benzene rings is 1. The summed E-state index contributed by atoms with van der Waals surface area (Å²) in [6.45, 7) is 3.88. The van der Waals surface area contributed by atoms with Crippen LogP contribution in [0, 0.1) is 12.3 Å². The van der Waals surface area contributed by atoms with Crippen molar-refractivity contribution in [2.45, 2.75) is 13.8 Å². The van der Waals surface area contributed by atoms with Gasteiger partial charge in [0, 0.05) is 5.41 Å². The Labute approximate surface area is 90.3 Å². The second kappa shape index (κ2) is 5.14. The fraction of sp³-hybridized carbons (Fsp3) is 0.500. The third-order valence-electron chi connectivity index (χ3n) is 2.43. The van der Waals surface area contributed by atoms with Gasteiger partial charge >= 0.3 is 0 Å². The first-order chi connectivity index (χ1) is 7.11. The van der Waals surface area contributed by atoms with E-state index in [1.165, 1.54) is 0 Å². The second-order valence-electron chi connectivity index (χ2n) is 4.18. The normalized spacial score (nSPS) is 11.5. The molecule has 1 aromatic carbocycles. The summed E-state index contributed by atoms with van der Waals surface area (Å²) >= 11 is 0. The highest BCUT2D eigenvalue weighted by Gasteiger charge is 2.23. The van der Waals surface area contributed by atoms with Gasteiger partial charge in [-0.25, -0.2) is 0 Å². The minimum absolute atomic E-state index is 0.0879. The standard InChI is InChI=1S/C12H18O3/c1-10-5-3-4-6-11(10)15-9-12(2,7-13)8-14/h3-6,13-14H,7-9H2,1-2H3. The van der Waals surface area contributed by atoms with Crippen LogP contribution >= 0.6 is 0 Å². The Kier molecular flexibility index (Phi) is 4.12. The molecular formula is C12H18O3. The third-order valence-corrected chi connectivity index (χ3v) is 2.43. The van der Waals surface area contributed by atoms with E-state index in [1.54, 1.807) is 6.92 Å². The molecule has 0 spiro atoms. The number of aliphatic hydroxyl groups excluding tert-OH is 2. The van der Waals surface area contributed by atoms with E-state index in [0.717, 1.165) is 11.3 Å². The van der Waals surface area contributed by atoms with Gasteiger partial charge in [0.1, 0.15) is 5.75 Å². The monoisotopic (exact) mass is 210 g/mol. The minimum Gasteiger partial charge on any atom is -0.493 e. The summed E-state index contributed by atoms with van der Waals surface area (Å²) < 4.78 is 5.56. The van der Waals surface area contributed by atoms with Crippen molar-refractivity contribution in [1.82, 2.24) is 0 Å². The second-order valence-corrected chi connectivity index (χ2v) is 4.18. The summed E-state index contributed by atoms with van der Waals surface area (Å²) in [5.74, 6) is 0.797. The van der Waals surface area contributed by atoms with Crippen molar-refractivity contribution in [3.8, 4) is 5.75 Å². The van der Waals surface area contributed by atoms with Crippen LogP contribution in [0.4, 0.5) is 0 Å². The molecule has 15 heavy (non-hydrogen) atoms. The first kappa shape index (κ1) is 12.0. The Morgan fingerprint density at radius 1 is 1.20 bits per heavy atom. The van der Waals surface area contributed by atoms with Crippen LogP contribution in [0.1, 0.15) is 12.5 Å². The zero-order valence-corrected chi connectivity index (χ0v) is 9.23. The average Bonchev–Trinajstić information content (AvgIpc) is 2.28. The molecule has 2 N–H and O–H groups in total. The van der Waals surface area contributed by atoms with Gasteiger partial charge in [-0.1, -0.05) is 25.1 Å². The van der Waals surface area contributed by atoms with Crippen molar-refractivity contribution in [2.75, 3.05) is 19.8 Å². The summed E-state index contributed by atoms with van der Waals surface area (Å²) in [5.41, 5.74) is 0.471. The van der Waals surface area contributed by atoms with Gasteiger partial charge in [0.15, 0.2) is 0 Å². The van der Waals surface area contributed by atoms with Crippen molar-refractivity contribution in [1.29, 1.82) is 0 Å². The molecular weight excluding hydrogens is 192 g/mol. The van der Waals surface area contributed by atoms with Gasteiger partial charge in [-0.2, -0.15) is 0 Å². The summed E-state index contributed by atoms with van der Waals surface area (Å²) in [7, 11) is 0. The Balaban J connectivity index is 2.61. The molecule has 3 heteroatoms. The molecule has 0 unspecified atom stereocenters. The van der Waals surface area contributed by atoms with Crippen LogP contribution < -0.4 is 4.74 Å². The van der Waals surface area contributed by atoms with Crippen molar-refractivity contribution >= 4 is 0 Å². The highest BCUT2D eigenvalue weighted by atomic mass is 16.5. The molecule has 0 bridgehead atoms. The Bertz CT molecular complexity index is 305. The molecule has 0 amide bonds. The number of aryl methyl sites for hydroxylation is 1. The molecule has 0 saturated heterocycles. The molecule has 0 aliphatic heterocycles. The fourth-order valence-electron chi connectivity index (χ4n) is 1.11. The molecule has 1 aromatic rings. The lowest BCUT2D eigenvalue weighted by Crippen LogP contribution is -2.33. The summed E-state index contributed by atoms with van der Waals surface area (Å²) in [6, 6.07) is 7.69. The lowest BCUT2D eigenvalue weighted by Gasteiger charge is -2.24. The van der Waals surface area contributed by atoms with E-state index in [1.807, 2.05) is 31.2 Å². The smallest absolute Gasteiger partial charge is 0.122 e. The SMILES string of the molecule is Cc1ccccc1OCC(C)(CO)CO. The van der Waals surface area contributed by atoms with Crippen LogP contribution in [-0.4, -0.2) is 30.0 Å². The van der Waals surface area contributed by atoms with E-state index in [0.29, 0.717) is 6.61 Å². The molecule has 0 radical (unpaired) electrons. The first-order valence-corrected chi connectivity index (χ1v) is 5.01. The number of hydrogen-bond acceptors (Lipinski definition) is 3. The van der Waals surface area contributed by atoms with E-state index < -0.39 is 5.41 Å². The van der Waals surface area contributed by atoms with Crippen molar-refractivity contribution < 1.29 is 14.9 Å². The number of rotatable bonds is 5. The molecule has 0 aliphatic carbocycles. The molecule has 1 rings (SSSR count). The van der Waals surface area contributed by atoms with Gasteiger partial charge < -0.3 is 14.9 Å². The molecule has 84 valence electrons. The topological polar surface area (TPSA) is 49.7 Å². The number of aliphatic hydroxyl groups is 2. The van der Waals surface area contributed by atoms with Gasteiger partial charge in [-0.3, -0.25) is 0 Å². The quantitative estimate of drug-likeness (QED) is 0.771. The van der Waals surface area contributed by atoms with E-state index >= 15 is 0 Å². The molecule has 0 atom stereocenters. The molecule has 0 saturated carbocycles. The predicted octanol–water partition coefficient (Wildman–Crippen LogP) is 1.36. The van der Waals surface area contributed by atoms with Gasteiger partial charge in [0.2, 0.25) is 0 Å². The van der Waals surface area contributed by atoms with E-state index in [-0.39, 0.29) is 13.2 Å². The van der Waals surface area contributed by atoms with Gasteiger partial charge in [0.25, 0.3) is 0 Å². The number of ether oxygens (including phenoxy) is 1. The van der Waals surface area contributed by atoms with E-state index in [4.69, 9.17) is 14.9 Å². The van der Waals surface area contributed by atoms with Crippen molar-refractivity contribution in [3.63, 3.8) is 0 Å². The summed E-state index contributed by atoms with van der Waals surface area (Å²) in [6.07, 6.45) is 0. The lowest BCUT2D eigenvalue weighted by atomic mass is 9.94. The summed E-state index contributed by atoms with van der Waals surface area (Å²) in [4.78, 5) is 0. The van der Waals surface area contributed by atoms with E-state index in [9.17, 15) is 0 Å². The summed E-state index contributed by atoms with van der Waals surface area (Å²) in [5, 5.41) is 18.2. The van der Waals surface area contributed by atoms with Crippen LogP contribution in [0.2, 0.25) is 0 Å². The maximum Gasteiger partial charge on any atom is 0.122 e. The average molecular weight is 210 g/mol. The van der Waals surface area contributed by atoms with Gasteiger partial charge in [-0.15, -0.1) is 0 Å². The van der Waals surface area contributed by atoms with Gasteiger partial charge in [0.05, 0.1) is 19.8 Å². The Morgan fingerprint density at radius 2 is 1.80 bits per heavy atom. The molecule has 0 aromatic heterocycles. The predicted molar refractivity (Wildman–Crippen MR) is 59.0 cm³/mol. The molecule has 3 nitrogen and oxygen atoms in total. The van der Waals surface area contributed by atoms with Crippen LogP contribution in [0.25, 0.3) is 0 Å². The largest absolute Gasteiger partial charge is 0.493 e. The molecule has 0 heterocycles. The maximum atomic E-state index is 9.09. The minimum atomic E-state index is -0.581. The zero-order valence-electron chi connectivity index (χ0n) is 9.23. The highest BCUT2D eigenvalue weighted by Crippen LogP contribution is 2.21. The Hall–Kier alpha value is -1.06. The first-order valence-electron chi connectivity index (χ1n) is 5.01. The van der Waals surface area contributed by atoms with Crippen LogP contribution in [0.5, 0.6) is 5.75 Å². The molecule has 0 aliphatic rings. The van der Waals surface area contributed by atoms with Crippen LogP contribution in [-0.2, 0) is 0 Å². The van der Waals surface area contributed by atoms with Crippen molar-refractivity contribution in [3.05, 3.63) is 29.8 Å². The lowest BCUT2D eigenvalue weighted by molar-refractivity contribution is 0.0285. The van der Waals surface area contributed by atoms with Crippen molar-refractivity contribution in [2.24, 2.45) is 5.41 Å². The highest BCUT2D eigenvalue weighted by molar-refractivity contribution is 5.31. The zero-order chi connectivity index (χ0) is 11.3. The number of para-hydroxylation sites is 1. The Morgan fingerprint density at radius 3 is 2.33 bits per heavy atom. The van der Waals surface area contributed by atoms with Gasteiger partial charge in [-0.05, 0) is 18.6 Å². The van der Waals surface area contributed by atoms with E-state index in [2.05, 4.69) is 0 Å². The fourth-order valence-corrected chi connectivity index (χ4v) is 1.11.